The number of fused-ring (bicyclic) bond motifs is 1. The van der Waals surface area contributed by atoms with Gasteiger partial charge in [-0.2, -0.15) is 0 Å². The monoisotopic (exact) mass is 354 g/mol. The lowest BCUT2D eigenvalue weighted by atomic mass is 10.2. The van der Waals surface area contributed by atoms with Crippen LogP contribution in [0.25, 0.3) is 0 Å². The van der Waals surface area contributed by atoms with E-state index in [4.69, 9.17) is 9.47 Å². The first-order valence-corrected chi connectivity index (χ1v) is 8.75. The second kappa shape index (κ2) is 7.21. The van der Waals surface area contributed by atoms with Crippen LogP contribution in [0.2, 0.25) is 0 Å². The third-order valence-corrected chi connectivity index (χ3v) is 4.73. The minimum atomic E-state index is -0.182. The summed E-state index contributed by atoms with van der Waals surface area (Å²) in [5.41, 5.74) is 2.43. The van der Waals surface area contributed by atoms with Gasteiger partial charge in [0.25, 0.3) is 5.91 Å². The molecular weight excluding hydrogens is 332 g/mol. The molecule has 1 saturated heterocycles. The number of anilines is 1. The van der Waals surface area contributed by atoms with Crippen molar-refractivity contribution in [3.05, 3.63) is 47.8 Å². The average Bonchev–Trinajstić information content (AvgIpc) is 3.14. The summed E-state index contributed by atoms with van der Waals surface area (Å²) in [4.78, 5) is 21.3. The van der Waals surface area contributed by atoms with Crippen LogP contribution >= 0.6 is 0 Å². The number of aromatic nitrogens is 1. The smallest absolute Gasteiger partial charge is 0.270 e. The number of piperazine rings is 1. The summed E-state index contributed by atoms with van der Waals surface area (Å²) in [6, 6.07) is 9.48. The maximum Gasteiger partial charge on any atom is 0.270 e. The number of hydrogen-bond acceptors (Lipinski definition) is 6. The summed E-state index contributed by atoms with van der Waals surface area (Å²) >= 11 is 0. The quantitative estimate of drug-likeness (QED) is 0.897. The third kappa shape index (κ3) is 3.57. The summed E-state index contributed by atoms with van der Waals surface area (Å²) in [7, 11) is 2.12. The zero-order valence-electron chi connectivity index (χ0n) is 14.8. The van der Waals surface area contributed by atoms with Gasteiger partial charge in [-0.15, -0.1) is 0 Å². The van der Waals surface area contributed by atoms with E-state index in [1.807, 2.05) is 30.3 Å². The van der Waals surface area contributed by atoms with Gasteiger partial charge in [0.05, 0.1) is 0 Å². The number of hydrogen-bond donors (Lipinski definition) is 1. The molecule has 0 saturated carbocycles. The molecule has 2 aliphatic heterocycles. The standard InChI is InChI=1S/C19H22N4O3/c1-22-6-8-23(9-7-22)15-4-5-20-16(11-15)19(24)21-12-14-2-3-17-18(10-14)26-13-25-17/h2-5,10-11H,6-9,12-13H2,1H3,(H,21,24). The van der Waals surface area contributed by atoms with Gasteiger partial charge in [-0.3, -0.25) is 9.78 Å². The van der Waals surface area contributed by atoms with Crippen molar-refractivity contribution in [2.45, 2.75) is 6.54 Å². The van der Waals surface area contributed by atoms with Crippen LogP contribution < -0.4 is 19.7 Å². The summed E-state index contributed by atoms with van der Waals surface area (Å²) in [5.74, 6) is 1.27. The highest BCUT2D eigenvalue weighted by Gasteiger charge is 2.17. The third-order valence-electron chi connectivity index (χ3n) is 4.73. The molecule has 1 fully saturated rings. The number of carbonyl (C=O) groups excluding carboxylic acids is 1. The van der Waals surface area contributed by atoms with Gasteiger partial charge in [-0.1, -0.05) is 6.07 Å². The van der Waals surface area contributed by atoms with Gasteiger partial charge in [0, 0.05) is 44.6 Å². The molecule has 1 amide bonds. The van der Waals surface area contributed by atoms with E-state index >= 15 is 0 Å². The Kier molecular flexibility index (Phi) is 4.62. The number of likely N-dealkylation sites (N-methyl/N-ethyl adjacent to an activating group) is 1. The maximum absolute atomic E-state index is 12.5. The normalized spacial score (nSPS) is 16.6. The van der Waals surface area contributed by atoms with E-state index in [2.05, 4.69) is 27.1 Å². The number of rotatable bonds is 4. The summed E-state index contributed by atoms with van der Waals surface area (Å²) in [6.07, 6.45) is 1.70. The molecule has 7 heteroatoms. The molecule has 1 aromatic carbocycles. The molecule has 7 nitrogen and oxygen atoms in total. The zero-order valence-corrected chi connectivity index (χ0v) is 14.8. The van der Waals surface area contributed by atoms with Gasteiger partial charge in [-0.05, 0) is 36.9 Å². The zero-order chi connectivity index (χ0) is 17.9. The Morgan fingerprint density at radius 3 is 2.77 bits per heavy atom. The van der Waals surface area contributed by atoms with Gasteiger partial charge in [0.2, 0.25) is 6.79 Å². The van der Waals surface area contributed by atoms with E-state index in [-0.39, 0.29) is 12.7 Å². The molecule has 0 unspecified atom stereocenters. The Bertz CT molecular complexity index is 803. The van der Waals surface area contributed by atoms with Crippen LogP contribution in [0.15, 0.2) is 36.5 Å². The molecule has 2 aliphatic rings. The average molecular weight is 354 g/mol. The first-order chi connectivity index (χ1) is 12.7. The minimum Gasteiger partial charge on any atom is -0.454 e. The molecule has 4 rings (SSSR count). The maximum atomic E-state index is 12.5. The van der Waals surface area contributed by atoms with Gasteiger partial charge in [0.15, 0.2) is 11.5 Å². The minimum absolute atomic E-state index is 0.182. The van der Waals surface area contributed by atoms with Gasteiger partial charge >= 0.3 is 0 Å². The highest BCUT2D eigenvalue weighted by atomic mass is 16.7. The molecule has 0 atom stereocenters. The van der Waals surface area contributed by atoms with Gasteiger partial charge in [-0.25, -0.2) is 0 Å². The van der Waals surface area contributed by atoms with Crippen molar-refractivity contribution in [1.82, 2.24) is 15.2 Å². The number of ether oxygens (including phenoxy) is 2. The van der Waals surface area contributed by atoms with Crippen molar-refractivity contribution in [3.8, 4) is 11.5 Å². The van der Waals surface area contributed by atoms with Crippen LogP contribution in [-0.4, -0.2) is 55.8 Å². The second-order valence-corrected chi connectivity index (χ2v) is 6.56. The van der Waals surface area contributed by atoms with Gasteiger partial charge < -0.3 is 24.6 Å². The van der Waals surface area contributed by atoms with E-state index in [0.717, 1.165) is 43.2 Å². The Hall–Kier alpha value is -2.80. The lowest BCUT2D eigenvalue weighted by molar-refractivity contribution is 0.0946. The first-order valence-electron chi connectivity index (χ1n) is 8.75. The summed E-state index contributed by atoms with van der Waals surface area (Å²) in [5, 5.41) is 2.92. The van der Waals surface area contributed by atoms with E-state index in [1.54, 1.807) is 6.20 Å². The van der Waals surface area contributed by atoms with Crippen LogP contribution in [0.1, 0.15) is 16.1 Å². The second-order valence-electron chi connectivity index (χ2n) is 6.56. The molecular formula is C19H22N4O3. The molecule has 0 radical (unpaired) electrons. The van der Waals surface area contributed by atoms with Crippen molar-refractivity contribution < 1.29 is 14.3 Å². The van der Waals surface area contributed by atoms with E-state index in [9.17, 15) is 4.79 Å². The van der Waals surface area contributed by atoms with E-state index in [0.29, 0.717) is 18.0 Å². The number of benzene rings is 1. The number of nitrogens with zero attached hydrogens (tertiary/aromatic N) is 3. The molecule has 1 N–H and O–H groups in total. The van der Waals surface area contributed by atoms with Crippen molar-refractivity contribution in [3.63, 3.8) is 0 Å². The number of carbonyl (C=O) groups is 1. The van der Waals surface area contributed by atoms with Crippen LogP contribution in [0.5, 0.6) is 11.5 Å². The Morgan fingerprint density at radius 2 is 1.92 bits per heavy atom. The van der Waals surface area contributed by atoms with Crippen LogP contribution in [0.3, 0.4) is 0 Å². The van der Waals surface area contributed by atoms with Crippen LogP contribution in [0, 0.1) is 0 Å². The van der Waals surface area contributed by atoms with Crippen molar-refractivity contribution in [1.29, 1.82) is 0 Å². The fraction of sp³-hybridized carbons (Fsp3) is 0.368. The fourth-order valence-electron chi connectivity index (χ4n) is 3.13. The largest absolute Gasteiger partial charge is 0.454 e. The predicted octanol–water partition coefficient (Wildman–Crippen LogP) is 1.49. The van der Waals surface area contributed by atoms with E-state index in [1.165, 1.54) is 0 Å². The SMILES string of the molecule is CN1CCN(c2ccnc(C(=O)NCc3ccc4c(c3)OCO4)c2)CC1. The van der Waals surface area contributed by atoms with Crippen molar-refractivity contribution in [2.75, 3.05) is 44.9 Å². The molecule has 3 heterocycles. The lowest BCUT2D eigenvalue weighted by Crippen LogP contribution is -2.44. The fourth-order valence-corrected chi connectivity index (χ4v) is 3.13. The summed E-state index contributed by atoms with van der Waals surface area (Å²) in [6.45, 7) is 4.61. The topological polar surface area (TPSA) is 66.9 Å². The van der Waals surface area contributed by atoms with E-state index < -0.39 is 0 Å². The highest BCUT2D eigenvalue weighted by Crippen LogP contribution is 2.32. The Morgan fingerprint density at radius 1 is 1.12 bits per heavy atom. The number of nitrogens with one attached hydrogen (secondary N) is 1. The molecule has 0 bridgehead atoms. The van der Waals surface area contributed by atoms with Crippen LogP contribution in [-0.2, 0) is 6.54 Å². The predicted molar refractivity (Wildman–Crippen MR) is 97.7 cm³/mol. The lowest BCUT2D eigenvalue weighted by Gasteiger charge is -2.34. The highest BCUT2D eigenvalue weighted by molar-refractivity contribution is 5.93. The molecule has 0 aliphatic carbocycles. The van der Waals surface area contributed by atoms with Crippen LogP contribution in [0.4, 0.5) is 5.69 Å². The van der Waals surface area contributed by atoms with Crippen molar-refractivity contribution in [2.24, 2.45) is 0 Å². The Balaban J connectivity index is 1.39. The van der Waals surface area contributed by atoms with Gasteiger partial charge in [0.1, 0.15) is 5.69 Å². The number of amides is 1. The first kappa shape index (κ1) is 16.7. The number of pyridine rings is 1. The molecule has 1 aromatic heterocycles. The molecule has 136 valence electrons. The molecule has 2 aromatic rings. The molecule has 0 spiro atoms. The Labute approximate surface area is 152 Å². The molecule has 26 heavy (non-hydrogen) atoms. The van der Waals surface area contributed by atoms with Crippen molar-refractivity contribution >= 4 is 11.6 Å². The summed E-state index contributed by atoms with van der Waals surface area (Å²) < 4.78 is 10.7.